The van der Waals surface area contributed by atoms with Crippen molar-refractivity contribution in [3.63, 3.8) is 0 Å². The minimum absolute atomic E-state index is 0.259. The zero-order valence-electron chi connectivity index (χ0n) is 11.3. The number of rotatable bonds is 5. The fraction of sp³-hybridized carbons (Fsp3) is 0.533. The summed E-state index contributed by atoms with van der Waals surface area (Å²) in [6.07, 6.45) is 1.04. The van der Waals surface area contributed by atoms with Crippen LogP contribution in [-0.4, -0.2) is 31.0 Å². The molecule has 0 saturated heterocycles. The van der Waals surface area contributed by atoms with E-state index in [-0.39, 0.29) is 11.8 Å². The van der Waals surface area contributed by atoms with Gasteiger partial charge in [0.1, 0.15) is 12.4 Å². The quantitative estimate of drug-likeness (QED) is 0.800. The standard InChI is InChI=1S/C15H21NO2/c1-11-4-6-13(7-5-11)18-9-8-16(3)15(17)14-10-12(14)2/h4-7,12,14H,8-10H2,1-3H3/t12-,14+/m1/s1. The van der Waals surface area contributed by atoms with Gasteiger partial charge in [-0.25, -0.2) is 0 Å². The SMILES string of the molecule is Cc1ccc(OCCN(C)C(=O)[C@H]2C[C@H]2C)cc1. The monoisotopic (exact) mass is 247 g/mol. The number of amides is 1. The predicted molar refractivity (Wildman–Crippen MR) is 71.6 cm³/mol. The summed E-state index contributed by atoms with van der Waals surface area (Å²) in [4.78, 5) is 13.7. The lowest BCUT2D eigenvalue weighted by atomic mass is 10.2. The molecule has 1 aliphatic carbocycles. The van der Waals surface area contributed by atoms with Gasteiger partial charge in [-0.05, 0) is 31.4 Å². The van der Waals surface area contributed by atoms with Crippen molar-refractivity contribution in [1.29, 1.82) is 0 Å². The van der Waals surface area contributed by atoms with Crippen molar-refractivity contribution in [3.8, 4) is 5.75 Å². The maximum absolute atomic E-state index is 11.9. The molecule has 1 aliphatic rings. The van der Waals surface area contributed by atoms with Crippen LogP contribution >= 0.6 is 0 Å². The molecule has 1 amide bonds. The molecule has 18 heavy (non-hydrogen) atoms. The zero-order valence-corrected chi connectivity index (χ0v) is 11.3. The van der Waals surface area contributed by atoms with E-state index in [0.717, 1.165) is 12.2 Å². The molecule has 2 rings (SSSR count). The van der Waals surface area contributed by atoms with Crippen LogP contribution in [0.2, 0.25) is 0 Å². The number of likely N-dealkylation sites (N-methyl/N-ethyl adjacent to an activating group) is 1. The first-order chi connectivity index (χ1) is 8.58. The maximum Gasteiger partial charge on any atom is 0.225 e. The van der Waals surface area contributed by atoms with E-state index in [1.165, 1.54) is 5.56 Å². The zero-order chi connectivity index (χ0) is 13.1. The third-order valence-electron chi connectivity index (χ3n) is 3.52. The van der Waals surface area contributed by atoms with Gasteiger partial charge in [-0.3, -0.25) is 4.79 Å². The molecule has 0 heterocycles. The Morgan fingerprint density at radius 1 is 1.39 bits per heavy atom. The Labute approximate surface area is 109 Å². The summed E-state index contributed by atoms with van der Waals surface area (Å²) in [5.41, 5.74) is 1.22. The van der Waals surface area contributed by atoms with E-state index in [9.17, 15) is 4.79 Å². The second-order valence-electron chi connectivity index (χ2n) is 5.24. The van der Waals surface area contributed by atoms with E-state index < -0.39 is 0 Å². The van der Waals surface area contributed by atoms with Crippen LogP contribution in [0.5, 0.6) is 5.75 Å². The van der Waals surface area contributed by atoms with Crippen LogP contribution < -0.4 is 4.74 Å². The van der Waals surface area contributed by atoms with E-state index in [2.05, 4.69) is 6.92 Å². The van der Waals surface area contributed by atoms with Crippen LogP contribution in [0.15, 0.2) is 24.3 Å². The van der Waals surface area contributed by atoms with Crippen LogP contribution in [0.1, 0.15) is 18.9 Å². The van der Waals surface area contributed by atoms with E-state index in [1.54, 1.807) is 4.90 Å². The number of ether oxygens (including phenoxy) is 1. The van der Waals surface area contributed by atoms with Gasteiger partial charge in [-0.1, -0.05) is 24.6 Å². The van der Waals surface area contributed by atoms with Crippen LogP contribution in [0, 0.1) is 18.8 Å². The van der Waals surface area contributed by atoms with E-state index in [4.69, 9.17) is 4.74 Å². The van der Waals surface area contributed by atoms with E-state index >= 15 is 0 Å². The highest BCUT2D eigenvalue weighted by Gasteiger charge is 2.40. The summed E-state index contributed by atoms with van der Waals surface area (Å²) in [5, 5.41) is 0. The van der Waals surface area contributed by atoms with Gasteiger partial charge in [0, 0.05) is 13.0 Å². The molecule has 3 heteroatoms. The highest BCUT2D eigenvalue weighted by molar-refractivity contribution is 5.81. The molecule has 0 N–H and O–H groups in total. The molecule has 0 radical (unpaired) electrons. The first kappa shape index (κ1) is 12.9. The molecule has 0 unspecified atom stereocenters. The van der Waals surface area contributed by atoms with Crippen molar-refractivity contribution in [1.82, 2.24) is 4.90 Å². The molecule has 1 saturated carbocycles. The Morgan fingerprint density at radius 3 is 2.56 bits per heavy atom. The smallest absolute Gasteiger partial charge is 0.225 e. The van der Waals surface area contributed by atoms with Gasteiger partial charge in [0.15, 0.2) is 0 Å². The summed E-state index contributed by atoms with van der Waals surface area (Å²) in [7, 11) is 1.85. The first-order valence-corrected chi connectivity index (χ1v) is 6.52. The number of hydrogen-bond acceptors (Lipinski definition) is 2. The molecule has 3 nitrogen and oxygen atoms in total. The number of carbonyl (C=O) groups is 1. The molecule has 0 aromatic heterocycles. The Morgan fingerprint density at radius 2 is 2.00 bits per heavy atom. The fourth-order valence-electron chi connectivity index (χ4n) is 1.99. The average Bonchev–Trinajstić information content (AvgIpc) is 3.08. The molecule has 1 aromatic rings. The minimum Gasteiger partial charge on any atom is -0.492 e. The number of hydrogen-bond donors (Lipinski definition) is 0. The summed E-state index contributed by atoms with van der Waals surface area (Å²) in [5.74, 6) is 1.95. The van der Waals surface area contributed by atoms with Crippen molar-refractivity contribution in [2.24, 2.45) is 11.8 Å². The van der Waals surface area contributed by atoms with Crippen LogP contribution in [0.25, 0.3) is 0 Å². The predicted octanol–water partition coefficient (Wildman–Crippen LogP) is 2.49. The van der Waals surface area contributed by atoms with E-state index in [1.807, 2.05) is 38.2 Å². The van der Waals surface area contributed by atoms with Crippen molar-refractivity contribution in [3.05, 3.63) is 29.8 Å². The lowest BCUT2D eigenvalue weighted by Gasteiger charge is -2.17. The van der Waals surface area contributed by atoms with Crippen molar-refractivity contribution >= 4 is 5.91 Å². The number of nitrogens with zero attached hydrogens (tertiary/aromatic N) is 1. The first-order valence-electron chi connectivity index (χ1n) is 6.52. The largest absolute Gasteiger partial charge is 0.492 e. The Kier molecular flexibility index (Phi) is 3.90. The molecule has 2 atom stereocenters. The Bertz CT molecular complexity index is 413. The third kappa shape index (κ3) is 3.25. The number of benzene rings is 1. The highest BCUT2D eigenvalue weighted by Crippen LogP contribution is 2.38. The summed E-state index contributed by atoms with van der Waals surface area (Å²) in [6.45, 7) is 5.37. The Balaban J connectivity index is 1.71. The van der Waals surface area contributed by atoms with Crippen molar-refractivity contribution in [2.45, 2.75) is 20.3 Å². The number of carbonyl (C=O) groups excluding carboxylic acids is 1. The Hall–Kier alpha value is -1.51. The van der Waals surface area contributed by atoms with Crippen LogP contribution in [-0.2, 0) is 4.79 Å². The lowest BCUT2D eigenvalue weighted by Crippen LogP contribution is -2.32. The van der Waals surface area contributed by atoms with Gasteiger partial charge in [-0.15, -0.1) is 0 Å². The molecular formula is C15H21NO2. The van der Waals surface area contributed by atoms with Crippen molar-refractivity contribution < 1.29 is 9.53 Å². The van der Waals surface area contributed by atoms with Crippen LogP contribution in [0.3, 0.4) is 0 Å². The topological polar surface area (TPSA) is 29.5 Å². The summed E-state index contributed by atoms with van der Waals surface area (Å²) >= 11 is 0. The van der Waals surface area contributed by atoms with Gasteiger partial charge in [0.2, 0.25) is 5.91 Å². The lowest BCUT2D eigenvalue weighted by molar-refractivity contribution is -0.131. The average molecular weight is 247 g/mol. The summed E-state index contributed by atoms with van der Waals surface area (Å²) in [6, 6.07) is 7.96. The normalized spacial score (nSPS) is 21.5. The maximum atomic E-state index is 11.9. The van der Waals surface area contributed by atoms with Gasteiger partial charge >= 0.3 is 0 Å². The second kappa shape index (κ2) is 5.42. The van der Waals surface area contributed by atoms with Gasteiger partial charge < -0.3 is 9.64 Å². The molecule has 0 aliphatic heterocycles. The third-order valence-corrected chi connectivity index (χ3v) is 3.52. The molecule has 98 valence electrons. The second-order valence-corrected chi connectivity index (χ2v) is 5.24. The summed E-state index contributed by atoms with van der Waals surface area (Å²) < 4.78 is 5.61. The van der Waals surface area contributed by atoms with Gasteiger partial charge in [0.25, 0.3) is 0 Å². The van der Waals surface area contributed by atoms with Crippen molar-refractivity contribution in [2.75, 3.05) is 20.2 Å². The minimum atomic E-state index is 0.259. The molecule has 0 spiro atoms. The van der Waals surface area contributed by atoms with Gasteiger partial charge in [0.05, 0.1) is 6.54 Å². The van der Waals surface area contributed by atoms with Crippen LogP contribution in [0.4, 0.5) is 0 Å². The highest BCUT2D eigenvalue weighted by atomic mass is 16.5. The van der Waals surface area contributed by atoms with Gasteiger partial charge in [-0.2, -0.15) is 0 Å². The molecular weight excluding hydrogens is 226 g/mol. The van der Waals surface area contributed by atoms with E-state index in [0.29, 0.717) is 19.1 Å². The molecule has 1 aromatic carbocycles. The number of aryl methyl sites for hydroxylation is 1. The molecule has 0 bridgehead atoms. The molecule has 1 fully saturated rings. The fourth-order valence-corrected chi connectivity index (χ4v) is 1.99.